The summed E-state index contributed by atoms with van der Waals surface area (Å²) in [6, 6.07) is 1.38. The van der Waals surface area contributed by atoms with Gasteiger partial charge in [0.15, 0.2) is 0 Å². The molecule has 1 rings (SSSR count). The van der Waals surface area contributed by atoms with Crippen molar-refractivity contribution in [2.75, 3.05) is 0 Å². The second-order valence-electron chi connectivity index (χ2n) is 3.27. The first kappa shape index (κ1) is 10.8. The summed E-state index contributed by atoms with van der Waals surface area (Å²) in [6.07, 6.45) is 0.0701. The Labute approximate surface area is 81.8 Å². The van der Waals surface area contributed by atoms with Crippen LogP contribution >= 0.6 is 0 Å². The van der Waals surface area contributed by atoms with Gasteiger partial charge >= 0.3 is 5.63 Å². The minimum Gasteiger partial charge on any atom is -0.507 e. The number of aliphatic hydroxyl groups is 1. The van der Waals surface area contributed by atoms with Crippen LogP contribution in [-0.4, -0.2) is 16.3 Å². The van der Waals surface area contributed by atoms with Gasteiger partial charge in [-0.1, -0.05) is 6.92 Å². The summed E-state index contributed by atoms with van der Waals surface area (Å²) >= 11 is 0. The van der Waals surface area contributed by atoms with Crippen LogP contribution in [0.1, 0.15) is 25.2 Å². The van der Waals surface area contributed by atoms with Gasteiger partial charge < -0.3 is 14.6 Å². The molecule has 0 saturated carbocycles. The number of hydrogen-bond donors (Lipinski definition) is 2. The molecule has 4 nitrogen and oxygen atoms in total. The first-order valence-electron chi connectivity index (χ1n) is 4.57. The van der Waals surface area contributed by atoms with Gasteiger partial charge in [0.25, 0.3) is 0 Å². The van der Waals surface area contributed by atoms with Crippen LogP contribution < -0.4 is 5.63 Å². The Hall–Kier alpha value is -1.29. The van der Waals surface area contributed by atoms with E-state index in [1.54, 1.807) is 13.8 Å². The van der Waals surface area contributed by atoms with Gasteiger partial charge in [-0.15, -0.1) is 0 Å². The molecule has 0 radical (unpaired) electrons. The molecule has 0 unspecified atom stereocenters. The van der Waals surface area contributed by atoms with Crippen LogP contribution in [0.15, 0.2) is 15.3 Å². The number of aromatic hydroxyl groups is 1. The van der Waals surface area contributed by atoms with Gasteiger partial charge in [-0.3, -0.25) is 0 Å². The lowest BCUT2D eigenvalue weighted by Gasteiger charge is -2.05. The predicted octanol–water partition coefficient (Wildman–Crippen LogP) is 0.831. The molecule has 0 saturated heterocycles. The molecule has 0 aliphatic heterocycles. The fourth-order valence-electron chi connectivity index (χ4n) is 1.27. The Morgan fingerprint density at radius 1 is 1.57 bits per heavy atom. The molecule has 2 N–H and O–H groups in total. The van der Waals surface area contributed by atoms with Crippen molar-refractivity contribution in [1.82, 2.24) is 0 Å². The van der Waals surface area contributed by atoms with Gasteiger partial charge in [-0.05, 0) is 13.3 Å². The minimum absolute atomic E-state index is 0.0561. The average Bonchev–Trinajstić information content (AvgIpc) is 2.01. The normalized spacial score (nSPS) is 12.8. The van der Waals surface area contributed by atoms with Crippen molar-refractivity contribution >= 4 is 0 Å². The molecular formula is C10H14O4. The molecule has 0 aromatic carbocycles. The quantitative estimate of drug-likeness (QED) is 0.754. The van der Waals surface area contributed by atoms with E-state index in [0.29, 0.717) is 12.2 Å². The molecule has 1 atom stereocenters. The zero-order chi connectivity index (χ0) is 10.7. The maximum Gasteiger partial charge on any atom is 0.342 e. The summed E-state index contributed by atoms with van der Waals surface area (Å²) < 4.78 is 4.92. The summed E-state index contributed by atoms with van der Waals surface area (Å²) in [5, 5.41) is 18.5. The van der Waals surface area contributed by atoms with Crippen LogP contribution in [0.4, 0.5) is 0 Å². The van der Waals surface area contributed by atoms with Crippen molar-refractivity contribution < 1.29 is 14.6 Å². The molecule has 0 aliphatic rings. The highest BCUT2D eigenvalue weighted by atomic mass is 16.4. The zero-order valence-electron chi connectivity index (χ0n) is 8.28. The highest BCUT2D eigenvalue weighted by Gasteiger charge is 2.10. The van der Waals surface area contributed by atoms with Crippen molar-refractivity contribution in [3.05, 3.63) is 27.8 Å². The highest BCUT2D eigenvalue weighted by molar-refractivity contribution is 5.29. The second kappa shape index (κ2) is 4.28. The van der Waals surface area contributed by atoms with Crippen LogP contribution in [0, 0.1) is 0 Å². The predicted molar refractivity (Wildman–Crippen MR) is 51.4 cm³/mol. The van der Waals surface area contributed by atoms with Crippen molar-refractivity contribution in [3.63, 3.8) is 0 Å². The highest BCUT2D eigenvalue weighted by Crippen LogP contribution is 2.16. The van der Waals surface area contributed by atoms with E-state index in [0.717, 1.165) is 0 Å². The molecule has 14 heavy (non-hydrogen) atoms. The smallest absolute Gasteiger partial charge is 0.342 e. The standard InChI is InChI=1S/C10H14O4/c1-3-8-9(12)5-7(4-6(2)11)14-10(8)13/h5-6,11-12H,3-4H2,1-2H3/t6-/m1/s1. The Kier molecular flexibility index (Phi) is 3.30. The van der Waals surface area contributed by atoms with Gasteiger partial charge in [0, 0.05) is 12.5 Å². The molecule has 0 spiro atoms. The first-order valence-corrected chi connectivity index (χ1v) is 4.57. The second-order valence-corrected chi connectivity index (χ2v) is 3.27. The fourth-order valence-corrected chi connectivity index (χ4v) is 1.27. The van der Waals surface area contributed by atoms with Crippen LogP contribution in [0.3, 0.4) is 0 Å². The SMILES string of the molecule is CCc1c(O)cc(C[C@@H](C)O)oc1=O. The van der Waals surface area contributed by atoms with E-state index in [2.05, 4.69) is 0 Å². The van der Waals surface area contributed by atoms with Crippen molar-refractivity contribution in [1.29, 1.82) is 0 Å². The van der Waals surface area contributed by atoms with Gasteiger partial charge in [0.05, 0.1) is 11.7 Å². The topological polar surface area (TPSA) is 70.7 Å². The van der Waals surface area contributed by atoms with Crippen LogP contribution in [0.5, 0.6) is 5.75 Å². The molecule has 78 valence electrons. The lowest BCUT2D eigenvalue weighted by atomic mass is 10.1. The van der Waals surface area contributed by atoms with Crippen molar-refractivity contribution in [2.24, 2.45) is 0 Å². The lowest BCUT2D eigenvalue weighted by molar-refractivity contribution is 0.185. The number of hydrogen-bond acceptors (Lipinski definition) is 4. The van der Waals surface area contributed by atoms with Gasteiger partial charge in [0.2, 0.25) is 0 Å². The van der Waals surface area contributed by atoms with Gasteiger partial charge in [0.1, 0.15) is 11.5 Å². The van der Waals surface area contributed by atoms with E-state index < -0.39 is 11.7 Å². The zero-order valence-corrected chi connectivity index (χ0v) is 8.28. The summed E-state index contributed by atoms with van der Waals surface area (Å²) in [4.78, 5) is 11.3. The Morgan fingerprint density at radius 3 is 2.64 bits per heavy atom. The number of rotatable bonds is 3. The van der Waals surface area contributed by atoms with Crippen LogP contribution in [0.2, 0.25) is 0 Å². The maximum atomic E-state index is 11.3. The fraction of sp³-hybridized carbons (Fsp3) is 0.500. The molecule has 0 aliphatic carbocycles. The van der Waals surface area contributed by atoms with Gasteiger partial charge in [-0.25, -0.2) is 4.79 Å². The summed E-state index contributed by atoms with van der Waals surface area (Å²) in [5.41, 5.74) is -0.248. The molecule has 4 heteroatoms. The average molecular weight is 198 g/mol. The molecule has 1 aromatic rings. The van der Waals surface area contributed by atoms with Gasteiger partial charge in [-0.2, -0.15) is 0 Å². The van der Waals surface area contributed by atoms with E-state index in [9.17, 15) is 9.90 Å². The molecule has 1 heterocycles. The molecule has 0 fully saturated rings. The Bertz CT molecular complexity index is 365. The summed E-state index contributed by atoms with van der Waals surface area (Å²) in [7, 11) is 0. The largest absolute Gasteiger partial charge is 0.507 e. The summed E-state index contributed by atoms with van der Waals surface area (Å²) in [5.74, 6) is 0.249. The molecule has 0 amide bonds. The van der Waals surface area contributed by atoms with Crippen LogP contribution in [0.25, 0.3) is 0 Å². The lowest BCUT2D eigenvalue weighted by Crippen LogP contribution is -2.11. The van der Waals surface area contributed by atoms with E-state index in [1.165, 1.54) is 6.07 Å². The number of aliphatic hydroxyl groups excluding tert-OH is 1. The Morgan fingerprint density at radius 2 is 2.21 bits per heavy atom. The maximum absolute atomic E-state index is 11.3. The van der Waals surface area contributed by atoms with Crippen LogP contribution in [-0.2, 0) is 12.8 Å². The third-order valence-corrected chi connectivity index (χ3v) is 1.93. The molecule has 0 bridgehead atoms. The molecule has 1 aromatic heterocycles. The third-order valence-electron chi connectivity index (χ3n) is 1.93. The first-order chi connectivity index (χ1) is 6.54. The van der Waals surface area contributed by atoms with E-state index in [-0.39, 0.29) is 17.7 Å². The Balaban J connectivity index is 3.08. The van der Waals surface area contributed by atoms with E-state index in [1.807, 2.05) is 0 Å². The summed E-state index contributed by atoms with van der Waals surface area (Å²) in [6.45, 7) is 3.35. The monoisotopic (exact) mass is 198 g/mol. The van der Waals surface area contributed by atoms with E-state index in [4.69, 9.17) is 9.52 Å². The van der Waals surface area contributed by atoms with E-state index >= 15 is 0 Å². The van der Waals surface area contributed by atoms with Crippen molar-refractivity contribution in [2.45, 2.75) is 32.8 Å². The third kappa shape index (κ3) is 2.35. The molecular weight excluding hydrogens is 184 g/mol. The van der Waals surface area contributed by atoms with Crippen molar-refractivity contribution in [3.8, 4) is 5.75 Å². The minimum atomic E-state index is -0.593.